The lowest BCUT2D eigenvalue weighted by atomic mass is 9.78. The molecule has 0 aliphatic carbocycles. The minimum absolute atomic E-state index is 0.173. The fraction of sp³-hybridized carbons (Fsp3) is 0.294. The number of phenols is 1. The van der Waals surface area contributed by atoms with E-state index in [1.165, 1.54) is 22.3 Å². The molecule has 98 valence electrons. The van der Waals surface area contributed by atoms with E-state index in [9.17, 15) is 5.11 Å². The van der Waals surface area contributed by atoms with Gasteiger partial charge in [-0.25, -0.2) is 0 Å². The molecule has 1 aliphatic rings. The summed E-state index contributed by atoms with van der Waals surface area (Å²) in [6.45, 7) is 5.27. The summed E-state index contributed by atoms with van der Waals surface area (Å²) in [5, 5.41) is 13.3. The van der Waals surface area contributed by atoms with Crippen molar-refractivity contribution in [1.29, 1.82) is 0 Å². The lowest BCUT2D eigenvalue weighted by Gasteiger charge is -2.38. The first-order valence-electron chi connectivity index (χ1n) is 6.74. The Kier molecular flexibility index (Phi) is 2.83. The zero-order valence-corrected chi connectivity index (χ0v) is 11.4. The Bertz CT molecular complexity index is 620. The smallest absolute Gasteiger partial charge is 0.115 e. The van der Waals surface area contributed by atoms with Crippen molar-refractivity contribution >= 4 is 0 Å². The second-order valence-corrected chi connectivity index (χ2v) is 5.51. The summed E-state index contributed by atoms with van der Waals surface area (Å²) in [6, 6.07) is 14.3. The van der Waals surface area contributed by atoms with Gasteiger partial charge in [-0.15, -0.1) is 0 Å². The standard InChI is InChI=1S/C17H19NO/c1-12-4-3-5-14(10-12)17(2)16-7-6-15(19)11-13(16)8-9-18-17/h3-7,10-11,18-19H,8-9H2,1-2H3. The van der Waals surface area contributed by atoms with Crippen LogP contribution in [-0.2, 0) is 12.0 Å². The van der Waals surface area contributed by atoms with Crippen LogP contribution >= 0.6 is 0 Å². The zero-order chi connectivity index (χ0) is 13.5. The third-order valence-electron chi connectivity index (χ3n) is 4.10. The molecular formula is C17H19NO. The molecule has 1 heterocycles. The van der Waals surface area contributed by atoms with E-state index < -0.39 is 0 Å². The normalized spacial score (nSPS) is 22.0. The van der Waals surface area contributed by atoms with E-state index in [0.29, 0.717) is 5.75 Å². The molecule has 1 atom stereocenters. The van der Waals surface area contributed by atoms with E-state index in [1.807, 2.05) is 12.1 Å². The average molecular weight is 253 g/mol. The number of rotatable bonds is 1. The van der Waals surface area contributed by atoms with Crippen LogP contribution in [0.25, 0.3) is 0 Å². The molecule has 2 heteroatoms. The van der Waals surface area contributed by atoms with Crippen molar-refractivity contribution in [3.63, 3.8) is 0 Å². The molecule has 3 rings (SSSR count). The fourth-order valence-electron chi connectivity index (χ4n) is 3.03. The van der Waals surface area contributed by atoms with Crippen molar-refractivity contribution in [2.45, 2.75) is 25.8 Å². The first-order chi connectivity index (χ1) is 9.09. The minimum atomic E-state index is -0.173. The summed E-state index contributed by atoms with van der Waals surface area (Å²) >= 11 is 0. The molecule has 2 aromatic rings. The molecule has 2 aromatic carbocycles. The monoisotopic (exact) mass is 253 g/mol. The average Bonchev–Trinajstić information content (AvgIpc) is 2.38. The number of nitrogens with one attached hydrogen (secondary N) is 1. The van der Waals surface area contributed by atoms with Gasteiger partial charge in [-0.3, -0.25) is 0 Å². The van der Waals surface area contributed by atoms with Gasteiger partial charge in [0.05, 0.1) is 5.54 Å². The van der Waals surface area contributed by atoms with Crippen LogP contribution in [0.1, 0.15) is 29.2 Å². The molecule has 1 aliphatic heterocycles. The van der Waals surface area contributed by atoms with Gasteiger partial charge < -0.3 is 10.4 Å². The molecule has 2 N–H and O–H groups in total. The van der Waals surface area contributed by atoms with Crippen molar-refractivity contribution < 1.29 is 5.11 Å². The third kappa shape index (κ3) is 2.02. The minimum Gasteiger partial charge on any atom is -0.508 e. The van der Waals surface area contributed by atoms with Gasteiger partial charge in [-0.05, 0) is 49.1 Å². The Balaban J connectivity index is 2.16. The second kappa shape index (κ2) is 4.39. The molecule has 0 radical (unpaired) electrons. The Morgan fingerprint density at radius 1 is 1.16 bits per heavy atom. The van der Waals surface area contributed by atoms with Gasteiger partial charge in [0.1, 0.15) is 5.75 Å². The largest absolute Gasteiger partial charge is 0.508 e. The maximum absolute atomic E-state index is 9.65. The van der Waals surface area contributed by atoms with Gasteiger partial charge in [0.25, 0.3) is 0 Å². The highest BCUT2D eigenvalue weighted by molar-refractivity contribution is 5.47. The van der Waals surface area contributed by atoms with E-state index in [-0.39, 0.29) is 5.54 Å². The molecule has 0 saturated carbocycles. The number of fused-ring (bicyclic) bond motifs is 1. The van der Waals surface area contributed by atoms with E-state index in [2.05, 4.69) is 43.4 Å². The first-order valence-corrected chi connectivity index (χ1v) is 6.74. The molecule has 0 aromatic heterocycles. The van der Waals surface area contributed by atoms with Crippen molar-refractivity contribution in [2.24, 2.45) is 0 Å². The van der Waals surface area contributed by atoms with E-state index in [4.69, 9.17) is 0 Å². The number of hydrogen-bond donors (Lipinski definition) is 2. The molecule has 0 amide bonds. The summed E-state index contributed by atoms with van der Waals surface area (Å²) in [4.78, 5) is 0. The summed E-state index contributed by atoms with van der Waals surface area (Å²) in [5.41, 5.74) is 4.88. The van der Waals surface area contributed by atoms with Gasteiger partial charge in [-0.2, -0.15) is 0 Å². The number of phenolic OH excluding ortho intramolecular Hbond substituents is 1. The van der Waals surface area contributed by atoms with Crippen LogP contribution in [0.15, 0.2) is 42.5 Å². The third-order valence-corrected chi connectivity index (χ3v) is 4.10. The van der Waals surface area contributed by atoms with Crippen molar-refractivity contribution in [3.8, 4) is 5.75 Å². The van der Waals surface area contributed by atoms with Gasteiger partial charge in [0.2, 0.25) is 0 Å². The molecule has 0 bridgehead atoms. The van der Waals surface area contributed by atoms with Crippen molar-refractivity contribution in [1.82, 2.24) is 5.32 Å². The van der Waals surface area contributed by atoms with E-state index in [1.54, 1.807) is 6.07 Å². The molecule has 0 saturated heterocycles. The number of aromatic hydroxyl groups is 1. The first kappa shape index (κ1) is 12.2. The molecular weight excluding hydrogens is 234 g/mol. The van der Waals surface area contributed by atoms with Gasteiger partial charge in [-0.1, -0.05) is 35.9 Å². The lowest BCUT2D eigenvalue weighted by Crippen LogP contribution is -2.45. The maximum Gasteiger partial charge on any atom is 0.115 e. The van der Waals surface area contributed by atoms with Gasteiger partial charge in [0.15, 0.2) is 0 Å². The summed E-state index contributed by atoms with van der Waals surface area (Å²) in [6.07, 6.45) is 0.963. The summed E-state index contributed by atoms with van der Waals surface area (Å²) in [7, 11) is 0. The maximum atomic E-state index is 9.65. The quantitative estimate of drug-likeness (QED) is 0.818. The number of aryl methyl sites for hydroxylation is 1. The zero-order valence-electron chi connectivity index (χ0n) is 11.4. The molecule has 19 heavy (non-hydrogen) atoms. The summed E-state index contributed by atoms with van der Waals surface area (Å²) in [5.74, 6) is 0.354. The summed E-state index contributed by atoms with van der Waals surface area (Å²) < 4.78 is 0. The van der Waals surface area contributed by atoms with Crippen molar-refractivity contribution in [3.05, 3.63) is 64.7 Å². The number of benzene rings is 2. The number of hydrogen-bond acceptors (Lipinski definition) is 2. The Morgan fingerprint density at radius 3 is 2.79 bits per heavy atom. The topological polar surface area (TPSA) is 32.3 Å². The van der Waals surface area contributed by atoms with E-state index >= 15 is 0 Å². The van der Waals surface area contributed by atoms with Crippen LogP contribution in [0.4, 0.5) is 0 Å². The van der Waals surface area contributed by atoms with Crippen LogP contribution in [0.2, 0.25) is 0 Å². The SMILES string of the molecule is Cc1cccc(C2(C)NCCc3cc(O)ccc32)c1. The highest BCUT2D eigenvalue weighted by Gasteiger charge is 2.33. The fourth-order valence-corrected chi connectivity index (χ4v) is 3.03. The van der Waals surface area contributed by atoms with Crippen LogP contribution in [0.3, 0.4) is 0 Å². The predicted octanol–water partition coefficient (Wildman–Crippen LogP) is 3.11. The molecule has 0 spiro atoms. The van der Waals surface area contributed by atoms with Gasteiger partial charge in [0, 0.05) is 6.54 Å². The Labute approximate surface area is 114 Å². The second-order valence-electron chi connectivity index (χ2n) is 5.51. The van der Waals surface area contributed by atoms with Crippen LogP contribution < -0.4 is 5.32 Å². The van der Waals surface area contributed by atoms with E-state index in [0.717, 1.165) is 13.0 Å². The van der Waals surface area contributed by atoms with Gasteiger partial charge >= 0.3 is 0 Å². The predicted molar refractivity (Wildman–Crippen MR) is 77.4 cm³/mol. The Morgan fingerprint density at radius 2 is 2.00 bits per heavy atom. The molecule has 1 unspecified atom stereocenters. The Hall–Kier alpha value is -1.80. The van der Waals surface area contributed by atoms with Crippen LogP contribution in [-0.4, -0.2) is 11.7 Å². The molecule has 2 nitrogen and oxygen atoms in total. The van der Waals surface area contributed by atoms with Crippen LogP contribution in [0.5, 0.6) is 5.75 Å². The van der Waals surface area contributed by atoms with Crippen LogP contribution in [0, 0.1) is 6.92 Å². The highest BCUT2D eigenvalue weighted by Crippen LogP contribution is 2.36. The molecule has 0 fully saturated rings. The lowest BCUT2D eigenvalue weighted by molar-refractivity contribution is 0.411. The highest BCUT2D eigenvalue weighted by atomic mass is 16.3. The van der Waals surface area contributed by atoms with Crippen molar-refractivity contribution in [2.75, 3.05) is 6.54 Å².